The SMILES string of the molecule is CC(C)(Cc1ncc2c(n1)CCNC2=O)N1CCOCC1. The van der Waals surface area contributed by atoms with E-state index in [-0.39, 0.29) is 11.4 Å². The maximum absolute atomic E-state index is 11.7. The predicted molar refractivity (Wildman–Crippen MR) is 78.2 cm³/mol. The van der Waals surface area contributed by atoms with Crippen LogP contribution in [0.25, 0.3) is 0 Å². The highest BCUT2D eigenvalue weighted by Gasteiger charge is 2.30. The number of nitrogens with zero attached hydrogens (tertiary/aromatic N) is 3. The van der Waals surface area contributed by atoms with Gasteiger partial charge in [-0.3, -0.25) is 9.69 Å². The topological polar surface area (TPSA) is 67.4 Å². The molecule has 1 amide bonds. The molecule has 2 aliphatic heterocycles. The van der Waals surface area contributed by atoms with E-state index in [4.69, 9.17) is 4.74 Å². The van der Waals surface area contributed by atoms with Crippen LogP contribution in [0, 0.1) is 0 Å². The van der Waals surface area contributed by atoms with E-state index in [2.05, 4.69) is 34.0 Å². The molecule has 114 valence electrons. The van der Waals surface area contributed by atoms with Crippen LogP contribution < -0.4 is 5.32 Å². The van der Waals surface area contributed by atoms with Crippen LogP contribution in [-0.2, 0) is 17.6 Å². The van der Waals surface area contributed by atoms with E-state index in [1.54, 1.807) is 6.20 Å². The van der Waals surface area contributed by atoms with Crippen molar-refractivity contribution in [3.05, 3.63) is 23.3 Å². The van der Waals surface area contributed by atoms with Crippen molar-refractivity contribution in [3.8, 4) is 0 Å². The van der Waals surface area contributed by atoms with E-state index in [1.165, 1.54) is 0 Å². The molecule has 1 saturated heterocycles. The number of aromatic nitrogens is 2. The van der Waals surface area contributed by atoms with Crippen LogP contribution in [0.2, 0.25) is 0 Å². The molecule has 3 rings (SSSR count). The fraction of sp³-hybridized carbons (Fsp3) is 0.667. The third kappa shape index (κ3) is 3.06. The van der Waals surface area contributed by atoms with Gasteiger partial charge in [0.1, 0.15) is 5.82 Å². The Morgan fingerprint density at radius 1 is 1.38 bits per heavy atom. The molecule has 0 aromatic carbocycles. The molecular formula is C15H22N4O2. The molecule has 1 N–H and O–H groups in total. The van der Waals surface area contributed by atoms with Crippen LogP contribution >= 0.6 is 0 Å². The summed E-state index contributed by atoms with van der Waals surface area (Å²) in [5, 5.41) is 2.82. The van der Waals surface area contributed by atoms with Crippen molar-refractivity contribution < 1.29 is 9.53 Å². The summed E-state index contributed by atoms with van der Waals surface area (Å²) in [6.07, 6.45) is 3.23. The van der Waals surface area contributed by atoms with E-state index >= 15 is 0 Å². The minimum absolute atomic E-state index is 0.00502. The predicted octanol–water partition coefficient (Wildman–Crippen LogP) is 0.416. The molecule has 0 radical (unpaired) electrons. The first-order chi connectivity index (χ1) is 10.1. The highest BCUT2D eigenvalue weighted by molar-refractivity contribution is 5.95. The van der Waals surface area contributed by atoms with Crippen LogP contribution in [0.5, 0.6) is 0 Å². The fourth-order valence-electron chi connectivity index (χ4n) is 2.98. The number of fused-ring (bicyclic) bond motifs is 1. The molecule has 2 aliphatic rings. The summed E-state index contributed by atoms with van der Waals surface area (Å²) in [6.45, 7) is 8.56. The lowest BCUT2D eigenvalue weighted by Crippen LogP contribution is -2.51. The Hall–Kier alpha value is -1.53. The van der Waals surface area contributed by atoms with Gasteiger partial charge in [-0.1, -0.05) is 0 Å². The zero-order valence-corrected chi connectivity index (χ0v) is 12.7. The molecule has 6 heteroatoms. The zero-order valence-electron chi connectivity index (χ0n) is 12.7. The third-order valence-electron chi connectivity index (χ3n) is 4.27. The molecule has 0 unspecified atom stereocenters. The van der Waals surface area contributed by atoms with Crippen molar-refractivity contribution >= 4 is 5.91 Å². The molecule has 0 aliphatic carbocycles. The number of carbonyl (C=O) groups is 1. The summed E-state index contributed by atoms with van der Waals surface area (Å²) >= 11 is 0. The van der Waals surface area contributed by atoms with E-state index in [0.717, 1.165) is 50.7 Å². The molecule has 0 saturated carbocycles. The molecule has 0 spiro atoms. The van der Waals surface area contributed by atoms with Gasteiger partial charge in [-0.05, 0) is 13.8 Å². The molecule has 21 heavy (non-hydrogen) atoms. The second-order valence-electron chi connectivity index (χ2n) is 6.24. The van der Waals surface area contributed by atoms with Gasteiger partial charge >= 0.3 is 0 Å². The lowest BCUT2D eigenvalue weighted by Gasteiger charge is -2.40. The molecule has 6 nitrogen and oxygen atoms in total. The van der Waals surface area contributed by atoms with Gasteiger partial charge < -0.3 is 10.1 Å². The van der Waals surface area contributed by atoms with Gasteiger partial charge in [0, 0.05) is 44.2 Å². The van der Waals surface area contributed by atoms with E-state index < -0.39 is 0 Å². The summed E-state index contributed by atoms with van der Waals surface area (Å²) in [5.41, 5.74) is 1.49. The molecule has 0 atom stereocenters. The zero-order chi connectivity index (χ0) is 14.9. The summed E-state index contributed by atoms with van der Waals surface area (Å²) in [6, 6.07) is 0. The second-order valence-corrected chi connectivity index (χ2v) is 6.24. The Kier molecular flexibility index (Phi) is 3.91. The summed E-state index contributed by atoms with van der Waals surface area (Å²) in [4.78, 5) is 23.1. The number of hydrogen-bond donors (Lipinski definition) is 1. The first kappa shape index (κ1) is 14.4. The highest BCUT2D eigenvalue weighted by Crippen LogP contribution is 2.21. The van der Waals surface area contributed by atoms with E-state index in [1.807, 2.05) is 0 Å². The van der Waals surface area contributed by atoms with Gasteiger partial charge in [0.05, 0.1) is 24.5 Å². The van der Waals surface area contributed by atoms with Crippen LogP contribution in [-0.4, -0.2) is 59.2 Å². The number of hydrogen-bond acceptors (Lipinski definition) is 5. The van der Waals surface area contributed by atoms with Crippen molar-refractivity contribution in [1.82, 2.24) is 20.2 Å². The molecule has 1 aromatic heterocycles. The maximum Gasteiger partial charge on any atom is 0.254 e. The van der Waals surface area contributed by atoms with Crippen molar-refractivity contribution in [3.63, 3.8) is 0 Å². The number of rotatable bonds is 3. The summed E-state index contributed by atoms with van der Waals surface area (Å²) in [5.74, 6) is 0.759. The third-order valence-corrected chi connectivity index (χ3v) is 4.27. The smallest absolute Gasteiger partial charge is 0.254 e. The average molecular weight is 290 g/mol. The van der Waals surface area contributed by atoms with Crippen molar-refractivity contribution in [2.24, 2.45) is 0 Å². The average Bonchev–Trinajstić information content (AvgIpc) is 2.48. The lowest BCUT2D eigenvalue weighted by atomic mass is 9.96. The van der Waals surface area contributed by atoms with E-state index in [0.29, 0.717) is 12.1 Å². The summed E-state index contributed by atoms with van der Waals surface area (Å²) in [7, 11) is 0. The summed E-state index contributed by atoms with van der Waals surface area (Å²) < 4.78 is 5.41. The van der Waals surface area contributed by atoms with Crippen molar-refractivity contribution in [2.45, 2.75) is 32.2 Å². The Morgan fingerprint density at radius 3 is 2.90 bits per heavy atom. The van der Waals surface area contributed by atoms with Gasteiger partial charge in [0.2, 0.25) is 0 Å². The standard InChI is InChI=1S/C15H22N4O2/c1-15(2,19-5-7-21-8-6-19)9-13-17-10-11-12(18-13)3-4-16-14(11)20/h10H,3-9H2,1-2H3,(H,16,20). The monoisotopic (exact) mass is 290 g/mol. The first-order valence-electron chi connectivity index (χ1n) is 7.52. The molecule has 1 fully saturated rings. The van der Waals surface area contributed by atoms with Gasteiger partial charge in [-0.2, -0.15) is 0 Å². The lowest BCUT2D eigenvalue weighted by molar-refractivity contribution is -0.0105. The fourth-order valence-corrected chi connectivity index (χ4v) is 2.98. The van der Waals surface area contributed by atoms with Crippen molar-refractivity contribution in [2.75, 3.05) is 32.8 Å². The number of ether oxygens (including phenoxy) is 1. The number of nitrogens with one attached hydrogen (secondary N) is 1. The number of carbonyl (C=O) groups excluding carboxylic acids is 1. The van der Waals surface area contributed by atoms with Gasteiger partial charge in [-0.25, -0.2) is 9.97 Å². The van der Waals surface area contributed by atoms with Gasteiger partial charge in [-0.15, -0.1) is 0 Å². The van der Waals surface area contributed by atoms with Crippen LogP contribution in [0.4, 0.5) is 0 Å². The Bertz CT molecular complexity index is 538. The van der Waals surface area contributed by atoms with Crippen LogP contribution in [0.1, 0.15) is 35.7 Å². The number of morpholine rings is 1. The first-order valence-corrected chi connectivity index (χ1v) is 7.52. The number of amides is 1. The highest BCUT2D eigenvalue weighted by atomic mass is 16.5. The molecule has 0 bridgehead atoms. The minimum atomic E-state index is -0.0600. The normalized spacial score (nSPS) is 20.0. The minimum Gasteiger partial charge on any atom is -0.379 e. The molecule has 3 heterocycles. The Labute approximate surface area is 124 Å². The van der Waals surface area contributed by atoms with Crippen molar-refractivity contribution in [1.29, 1.82) is 0 Å². The molecular weight excluding hydrogens is 268 g/mol. The second kappa shape index (κ2) is 5.69. The van der Waals surface area contributed by atoms with Gasteiger partial charge in [0.15, 0.2) is 0 Å². The van der Waals surface area contributed by atoms with Gasteiger partial charge in [0.25, 0.3) is 5.91 Å². The maximum atomic E-state index is 11.7. The van der Waals surface area contributed by atoms with Crippen LogP contribution in [0.3, 0.4) is 0 Å². The van der Waals surface area contributed by atoms with Crippen LogP contribution in [0.15, 0.2) is 6.20 Å². The van der Waals surface area contributed by atoms with E-state index in [9.17, 15) is 4.79 Å². The Balaban J connectivity index is 1.76. The Morgan fingerprint density at radius 2 is 2.14 bits per heavy atom. The largest absolute Gasteiger partial charge is 0.379 e. The molecule has 1 aromatic rings. The quantitative estimate of drug-likeness (QED) is 0.873.